The zero-order valence-electron chi connectivity index (χ0n) is 19.4. The Morgan fingerprint density at radius 1 is 1.09 bits per heavy atom. The molecule has 3 aromatic heterocycles. The van der Waals surface area contributed by atoms with E-state index in [1.807, 2.05) is 50.4 Å². The summed E-state index contributed by atoms with van der Waals surface area (Å²) in [6.07, 6.45) is 4.22. The van der Waals surface area contributed by atoms with Crippen LogP contribution in [0.3, 0.4) is 0 Å². The summed E-state index contributed by atoms with van der Waals surface area (Å²) in [5.74, 6) is 0.550. The number of hydrogen-bond acceptors (Lipinski definition) is 5. The molecule has 0 saturated carbocycles. The fraction of sp³-hybridized carbons (Fsp3) is 0.231. The first-order valence-electron chi connectivity index (χ1n) is 11.2. The van der Waals surface area contributed by atoms with Gasteiger partial charge in [0.15, 0.2) is 0 Å². The van der Waals surface area contributed by atoms with E-state index in [4.69, 9.17) is 0 Å². The Kier molecular flexibility index (Phi) is 6.06. The van der Waals surface area contributed by atoms with Crippen LogP contribution in [0.2, 0.25) is 0 Å². The molecule has 3 heterocycles. The van der Waals surface area contributed by atoms with Crippen molar-refractivity contribution in [2.75, 3.05) is 12.8 Å². The first-order valence-corrected chi connectivity index (χ1v) is 12.4. The van der Waals surface area contributed by atoms with Gasteiger partial charge in [0, 0.05) is 46.5 Å². The quantitative estimate of drug-likeness (QED) is 0.344. The lowest BCUT2D eigenvalue weighted by atomic mass is 9.91. The van der Waals surface area contributed by atoms with E-state index in [9.17, 15) is 4.79 Å². The second-order valence-electron chi connectivity index (χ2n) is 8.31. The first-order chi connectivity index (χ1) is 16.5. The number of para-hydroxylation sites is 1. The van der Waals surface area contributed by atoms with Gasteiger partial charge in [-0.3, -0.25) is 4.79 Å². The summed E-state index contributed by atoms with van der Waals surface area (Å²) in [7, 11) is 0. The summed E-state index contributed by atoms with van der Waals surface area (Å²) in [5, 5.41) is 9.50. The summed E-state index contributed by atoms with van der Waals surface area (Å²) >= 11 is 1.47. The van der Waals surface area contributed by atoms with E-state index in [0.29, 0.717) is 17.5 Å². The number of aryl methyl sites for hydroxylation is 2. The highest BCUT2D eigenvalue weighted by atomic mass is 32.2. The van der Waals surface area contributed by atoms with Crippen molar-refractivity contribution < 1.29 is 4.79 Å². The van der Waals surface area contributed by atoms with Crippen molar-refractivity contribution in [3.05, 3.63) is 88.9 Å². The molecule has 8 heteroatoms. The number of thioether (sulfide) groups is 1. The van der Waals surface area contributed by atoms with E-state index in [-0.39, 0.29) is 18.2 Å². The monoisotopic (exact) mass is 470 g/mol. The molecular weight excluding hydrogens is 444 g/mol. The fourth-order valence-corrected chi connectivity index (χ4v) is 4.78. The van der Waals surface area contributed by atoms with E-state index >= 15 is 0 Å². The van der Waals surface area contributed by atoms with Gasteiger partial charge >= 0.3 is 0 Å². The molecule has 1 atom stereocenters. The van der Waals surface area contributed by atoms with Gasteiger partial charge in [-0.15, -0.1) is 5.10 Å². The second-order valence-corrected chi connectivity index (χ2v) is 9.08. The zero-order valence-corrected chi connectivity index (χ0v) is 20.2. The fourth-order valence-electron chi connectivity index (χ4n) is 4.45. The van der Waals surface area contributed by atoms with Crippen LogP contribution < -0.4 is 5.32 Å². The number of nitrogens with one attached hydrogen (secondary N) is 2. The van der Waals surface area contributed by atoms with Gasteiger partial charge in [0.2, 0.25) is 11.1 Å². The standard InChI is InChI=1S/C26H26N6OS/c1-16-20(17(2)32-25(29-16)30-26(31-32)34-3)13-24(33)28-14-21(18-9-5-4-6-10-18)22-15-27-23-12-8-7-11-19(22)23/h4-12,15,21,27H,13-14H2,1-3H3,(H,28,33). The summed E-state index contributed by atoms with van der Waals surface area (Å²) in [5.41, 5.74) is 6.00. The molecule has 7 nitrogen and oxygen atoms in total. The molecule has 2 N–H and O–H groups in total. The summed E-state index contributed by atoms with van der Waals surface area (Å²) in [6, 6.07) is 18.6. The molecule has 1 amide bonds. The van der Waals surface area contributed by atoms with Crippen LogP contribution >= 0.6 is 11.8 Å². The normalized spacial score (nSPS) is 12.3. The maximum atomic E-state index is 13.1. The number of amides is 1. The van der Waals surface area contributed by atoms with Crippen molar-refractivity contribution >= 4 is 34.3 Å². The van der Waals surface area contributed by atoms with Crippen molar-refractivity contribution in [1.29, 1.82) is 0 Å². The number of benzene rings is 2. The molecule has 5 rings (SSSR count). The van der Waals surface area contributed by atoms with Crippen LogP contribution in [0.4, 0.5) is 0 Å². The number of rotatable bonds is 7. The molecular formula is C26H26N6OS. The zero-order chi connectivity index (χ0) is 23.7. The third-order valence-corrected chi connectivity index (χ3v) is 6.79. The molecule has 5 aromatic rings. The highest BCUT2D eigenvalue weighted by molar-refractivity contribution is 7.98. The number of fused-ring (bicyclic) bond motifs is 2. The molecule has 0 aliphatic carbocycles. The van der Waals surface area contributed by atoms with Gasteiger partial charge in [-0.05, 0) is 37.3 Å². The van der Waals surface area contributed by atoms with Crippen LogP contribution in [0.15, 0.2) is 66.0 Å². The maximum Gasteiger partial charge on any atom is 0.253 e. The van der Waals surface area contributed by atoms with Gasteiger partial charge in [-0.25, -0.2) is 9.50 Å². The number of nitrogens with zero attached hydrogens (tertiary/aromatic N) is 4. The first kappa shape index (κ1) is 22.2. The van der Waals surface area contributed by atoms with E-state index in [2.05, 4.69) is 55.8 Å². The topological polar surface area (TPSA) is 88.0 Å². The molecule has 0 fully saturated rings. The van der Waals surface area contributed by atoms with Crippen molar-refractivity contribution in [2.45, 2.75) is 31.3 Å². The Bertz CT molecular complexity index is 1470. The third-order valence-electron chi connectivity index (χ3n) is 6.25. The smallest absolute Gasteiger partial charge is 0.253 e. The predicted octanol–water partition coefficient (Wildman–Crippen LogP) is 4.44. The lowest BCUT2D eigenvalue weighted by Crippen LogP contribution is -2.30. The Balaban J connectivity index is 1.39. The minimum absolute atomic E-state index is 0.0311. The number of carbonyl (C=O) groups is 1. The predicted molar refractivity (Wildman–Crippen MR) is 135 cm³/mol. The molecule has 2 aromatic carbocycles. The van der Waals surface area contributed by atoms with Gasteiger partial charge < -0.3 is 10.3 Å². The van der Waals surface area contributed by atoms with Crippen LogP contribution in [0.1, 0.15) is 34.0 Å². The molecule has 0 radical (unpaired) electrons. The van der Waals surface area contributed by atoms with Crippen molar-refractivity contribution in [3.63, 3.8) is 0 Å². The minimum Gasteiger partial charge on any atom is -0.361 e. The van der Waals surface area contributed by atoms with E-state index in [1.54, 1.807) is 4.52 Å². The molecule has 1 unspecified atom stereocenters. The van der Waals surface area contributed by atoms with Crippen LogP contribution in [-0.2, 0) is 11.2 Å². The molecule has 0 spiro atoms. The maximum absolute atomic E-state index is 13.1. The van der Waals surface area contributed by atoms with Gasteiger partial charge in [0.05, 0.1) is 6.42 Å². The third kappa shape index (κ3) is 4.17. The van der Waals surface area contributed by atoms with Crippen LogP contribution in [-0.4, -0.2) is 43.3 Å². The number of carbonyl (C=O) groups excluding carboxylic acids is 1. The van der Waals surface area contributed by atoms with Crippen molar-refractivity contribution in [1.82, 2.24) is 29.9 Å². The Morgan fingerprint density at radius 2 is 1.85 bits per heavy atom. The van der Waals surface area contributed by atoms with E-state index < -0.39 is 0 Å². The average Bonchev–Trinajstić information content (AvgIpc) is 3.47. The van der Waals surface area contributed by atoms with Gasteiger partial charge in [0.1, 0.15) is 0 Å². The van der Waals surface area contributed by atoms with Crippen LogP contribution in [0.5, 0.6) is 0 Å². The largest absolute Gasteiger partial charge is 0.361 e. The molecule has 0 saturated heterocycles. The lowest BCUT2D eigenvalue weighted by Gasteiger charge is -2.19. The molecule has 34 heavy (non-hydrogen) atoms. The molecule has 0 aliphatic rings. The average molecular weight is 471 g/mol. The molecule has 172 valence electrons. The van der Waals surface area contributed by atoms with E-state index in [0.717, 1.165) is 28.0 Å². The Morgan fingerprint density at radius 3 is 2.65 bits per heavy atom. The SMILES string of the molecule is CSc1nc2nc(C)c(CC(=O)NCC(c3ccccc3)c3c[nH]c4ccccc34)c(C)n2n1. The summed E-state index contributed by atoms with van der Waals surface area (Å²) in [4.78, 5) is 25.4. The van der Waals surface area contributed by atoms with Crippen LogP contribution in [0, 0.1) is 13.8 Å². The highest BCUT2D eigenvalue weighted by Gasteiger charge is 2.20. The van der Waals surface area contributed by atoms with Gasteiger partial charge in [0.25, 0.3) is 5.78 Å². The number of aromatic nitrogens is 5. The van der Waals surface area contributed by atoms with Crippen molar-refractivity contribution in [3.8, 4) is 0 Å². The number of hydrogen-bond donors (Lipinski definition) is 2. The van der Waals surface area contributed by atoms with E-state index in [1.165, 1.54) is 22.7 Å². The Labute approximate surface area is 202 Å². The number of aromatic amines is 1. The summed E-state index contributed by atoms with van der Waals surface area (Å²) < 4.78 is 1.72. The minimum atomic E-state index is -0.0432. The van der Waals surface area contributed by atoms with Gasteiger partial charge in [-0.1, -0.05) is 60.3 Å². The number of H-pyrrole nitrogens is 1. The van der Waals surface area contributed by atoms with Crippen LogP contribution in [0.25, 0.3) is 16.7 Å². The lowest BCUT2D eigenvalue weighted by molar-refractivity contribution is -0.120. The molecule has 0 aliphatic heterocycles. The summed E-state index contributed by atoms with van der Waals surface area (Å²) in [6.45, 7) is 4.38. The van der Waals surface area contributed by atoms with Gasteiger partial charge in [-0.2, -0.15) is 4.98 Å². The second kappa shape index (κ2) is 9.30. The van der Waals surface area contributed by atoms with Crippen molar-refractivity contribution in [2.24, 2.45) is 0 Å². The highest BCUT2D eigenvalue weighted by Crippen LogP contribution is 2.30. The molecule has 0 bridgehead atoms. The Hall–Kier alpha value is -3.65.